The number of alkyl halides is 3. The van der Waals surface area contributed by atoms with Gasteiger partial charge in [0.2, 0.25) is 0 Å². The summed E-state index contributed by atoms with van der Waals surface area (Å²) in [5.74, 6) is 0.872. The van der Waals surface area contributed by atoms with Crippen LogP contribution in [0.25, 0.3) is 11.0 Å². The van der Waals surface area contributed by atoms with Crippen LogP contribution in [0, 0.1) is 6.92 Å². The fourth-order valence-corrected chi connectivity index (χ4v) is 3.32. The maximum atomic E-state index is 12.7. The van der Waals surface area contributed by atoms with Gasteiger partial charge in [-0.05, 0) is 26.0 Å². The van der Waals surface area contributed by atoms with E-state index in [0.29, 0.717) is 18.6 Å². The summed E-state index contributed by atoms with van der Waals surface area (Å²) in [6.45, 7) is 6.83. The summed E-state index contributed by atoms with van der Waals surface area (Å²) in [6.07, 6.45) is 0. The van der Waals surface area contributed by atoms with E-state index in [1.165, 1.54) is 6.07 Å². The molecular formula is C13H16F3IN2O2S. The zero-order chi connectivity index (χ0) is 16.0. The standard InChI is InChI=1S/C13H16F3N2O2S.HI/c1-4-17-9(3)18(5-2)12-8-10(6-7-11(12)17)21(19,20)13(14,15)16;/h6-8H,4-5H2,1-3H3;1H/q+1;/p-1. The van der Waals surface area contributed by atoms with Crippen molar-refractivity contribution < 1.29 is 50.1 Å². The molecule has 2 aromatic rings. The minimum atomic E-state index is -5.33. The predicted octanol–water partition coefficient (Wildman–Crippen LogP) is -0.425. The fraction of sp³-hybridized carbons (Fsp3) is 0.462. The fourth-order valence-electron chi connectivity index (χ4n) is 2.54. The third kappa shape index (κ3) is 2.84. The molecule has 124 valence electrons. The van der Waals surface area contributed by atoms with Gasteiger partial charge in [-0.3, -0.25) is 0 Å². The Morgan fingerprint density at radius 2 is 1.82 bits per heavy atom. The molecule has 0 aliphatic heterocycles. The highest BCUT2D eigenvalue weighted by atomic mass is 127. The molecular weight excluding hydrogens is 432 g/mol. The minimum Gasteiger partial charge on any atom is -1.00 e. The van der Waals surface area contributed by atoms with E-state index in [9.17, 15) is 21.6 Å². The summed E-state index contributed by atoms with van der Waals surface area (Å²) in [5, 5.41) is 0. The van der Waals surface area contributed by atoms with Gasteiger partial charge in [0.1, 0.15) is 0 Å². The molecule has 0 saturated heterocycles. The third-order valence-electron chi connectivity index (χ3n) is 3.56. The van der Waals surface area contributed by atoms with Crippen molar-refractivity contribution in [2.24, 2.45) is 0 Å². The summed E-state index contributed by atoms with van der Waals surface area (Å²) in [4.78, 5) is -0.724. The molecule has 9 heteroatoms. The number of aromatic nitrogens is 2. The number of hydrogen-bond acceptors (Lipinski definition) is 2. The quantitative estimate of drug-likeness (QED) is 0.473. The summed E-state index contributed by atoms with van der Waals surface area (Å²) >= 11 is 0. The lowest BCUT2D eigenvalue weighted by Crippen LogP contribution is -3.00. The van der Waals surface area contributed by atoms with Gasteiger partial charge >= 0.3 is 5.51 Å². The zero-order valence-electron chi connectivity index (χ0n) is 12.3. The van der Waals surface area contributed by atoms with Gasteiger partial charge in [0.15, 0.2) is 11.0 Å². The average molecular weight is 448 g/mol. The second kappa shape index (κ2) is 6.34. The Balaban J connectivity index is 0.00000242. The highest BCUT2D eigenvalue weighted by Gasteiger charge is 2.47. The van der Waals surface area contributed by atoms with E-state index < -0.39 is 20.2 Å². The molecule has 0 N–H and O–H groups in total. The van der Waals surface area contributed by atoms with Gasteiger partial charge in [0, 0.05) is 13.0 Å². The molecule has 1 heterocycles. The maximum Gasteiger partial charge on any atom is 0.501 e. The van der Waals surface area contributed by atoms with Crippen LogP contribution in [0.1, 0.15) is 19.7 Å². The van der Waals surface area contributed by atoms with Crippen LogP contribution in [-0.4, -0.2) is 18.5 Å². The highest BCUT2D eigenvalue weighted by molar-refractivity contribution is 7.92. The maximum absolute atomic E-state index is 12.7. The van der Waals surface area contributed by atoms with Crippen LogP contribution in [0.3, 0.4) is 0 Å². The van der Waals surface area contributed by atoms with Crippen molar-refractivity contribution >= 4 is 20.9 Å². The first-order valence-electron chi connectivity index (χ1n) is 6.49. The Kier molecular flexibility index (Phi) is 5.54. The molecule has 0 fully saturated rings. The number of benzene rings is 1. The van der Waals surface area contributed by atoms with Gasteiger partial charge in [-0.15, -0.1) is 0 Å². The van der Waals surface area contributed by atoms with Crippen molar-refractivity contribution in [1.29, 1.82) is 0 Å². The number of hydrogen-bond donors (Lipinski definition) is 0. The molecule has 2 rings (SSSR count). The van der Waals surface area contributed by atoms with Gasteiger partial charge in [0.05, 0.1) is 18.0 Å². The van der Waals surface area contributed by atoms with E-state index in [-0.39, 0.29) is 24.0 Å². The molecule has 1 aromatic heterocycles. The monoisotopic (exact) mass is 448 g/mol. The molecule has 0 aliphatic rings. The van der Waals surface area contributed by atoms with E-state index in [1.807, 2.05) is 25.3 Å². The number of nitrogens with zero attached hydrogens (tertiary/aromatic N) is 2. The van der Waals surface area contributed by atoms with Gasteiger partial charge in [-0.25, -0.2) is 17.6 Å². The normalized spacial score (nSPS) is 12.5. The Hall–Kier alpha value is -0.840. The lowest BCUT2D eigenvalue weighted by molar-refractivity contribution is -0.674. The first-order valence-corrected chi connectivity index (χ1v) is 7.97. The van der Waals surface area contributed by atoms with Crippen molar-refractivity contribution in [2.45, 2.75) is 44.3 Å². The van der Waals surface area contributed by atoms with Gasteiger partial charge in [-0.1, -0.05) is 0 Å². The van der Waals surface area contributed by atoms with Crippen LogP contribution < -0.4 is 28.5 Å². The number of rotatable bonds is 3. The van der Waals surface area contributed by atoms with Crippen LogP contribution in [0.2, 0.25) is 0 Å². The molecule has 4 nitrogen and oxygen atoms in total. The zero-order valence-corrected chi connectivity index (χ0v) is 15.3. The van der Waals surface area contributed by atoms with Crippen LogP contribution in [0.5, 0.6) is 0 Å². The minimum absolute atomic E-state index is 0. The van der Waals surface area contributed by atoms with Crippen molar-refractivity contribution in [3.8, 4) is 0 Å². The predicted molar refractivity (Wildman–Crippen MR) is 71.5 cm³/mol. The van der Waals surface area contributed by atoms with Crippen molar-refractivity contribution in [3.05, 3.63) is 24.0 Å². The lowest BCUT2D eigenvalue weighted by Gasteiger charge is -2.07. The first kappa shape index (κ1) is 19.2. The molecule has 0 amide bonds. The smallest absolute Gasteiger partial charge is 0.501 e. The van der Waals surface area contributed by atoms with E-state index in [0.717, 1.165) is 23.5 Å². The largest absolute Gasteiger partial charge is 1.00 e. The van der Waals surface area contributed by atoms with Crippen molar-refractivity contribution in [1.82, 2.24) is 4.57 Å². The Morgan fingerprint density at radius 1 is 1.23 bits per heavy atom. The van der Waals surface area contributed by atoms with Crippen LogP contribution in [0.4, 0.5) is 13.2 Å². The average Bonchev–Trinajstić information content (AvgIpc) is 2.67. The van der Waals surface area contributed by atoms with Gasteiger partial charge in [-0.2, -0.15) is 13.2 Å². The number of fused-ring (bicyclic) bond motifs is 1. The number of aryl methyl sites for hydroxylation is 2. The molecule has 0 bridgehead atoms. The molecule has 0 atom stereocenters. The Bertz CT molecular complexity index is 798. The SMILES string of the molecule is CCn1c(C)[n+](CC)c2ccc(S(=O)(=O)C(F)(F)F)cc21.[I-]. The van der Waals surface area contributed by atoms with Gasteiger partial charge in [0.25, 0.3) is 15.7 Å². The number of halogens is 4. The summed E-state index contributed by atoms with van der Waals surface area (Å²) in [6, 6.07) is 3.54. The van der Waals surface area contributed by atoms with Crippen LogP contribution in [0.15, 0.2) is 23.1 Å². The molecule has 0 saturated carbocycles. The van der Waals surface area contributed by atoms with Crippen LogP contribution in [-0.2, 0) is 22.9 Å². The van der Waals surface area contributed by atoms with E-state index >= 15 is 0 Å². The molecule has 22 heavy (non-hydrogen) atoms. The first-order chi connectivity index (χ1) is 9.65. The van der Waals surface area contributed by atoms with E-state index in [1.54, 1.807) is 4.57 Å². The Morgan fingerprint density at radius 3 is 2.27 bits per heavy atom. The molecule has 1 aromatic carbocycles. The highest BCUT2D eigenvalue weighted by Crippen LogP contribution is 2.31. The Labute approximate surface area is 143 Å². The lowest BCUT2D eigenvalue weighted by atomic mass is 10.3. The third-order valence-corrected chi connectivity index (χ3v) is 5.04. The molecule has 0 radical (unpaired) electrons. The van der Waals surface area contributed by atoms with Crippen LogP contribution >= 0.6 is 0 Å². The second-order valence-corrected chi connectivity index (χ2v) is 6.58. The topological polar surface area (TPSA) is 43.0 Å². The number of sulfone groups is 1. The van der Waals surface area contributed by atoms with E-state index in [4.69, 9.17) is 0 Å². The molecule has 0 unspecified atom stereocenters. The summed E-state index contributed by atoms with van der Waals surface area (Å²) in [5.41, 5.74) is -4.08. The molecule has 0 aliphatic carbocycles. The van der Waals surface area contributed by atoms with Crippen molar-refractivity contribution in [3.63, 3.8) is 0 Å². The summed E-state index contributed by atoms with van der Waals surface area (Å²) < 4.78 is 64.7. The van der Waals surface area contributed by atoms with Crippen molar-refractivity contribution in [2.75, 3.05) is 0 Å². The second-order valence-electron chi connectivity index (χ2n) is 4.64. The van der Waals surface area contributed by atoms with Gasteiger partial charge < -0.3 is 24.0 Å². The summed E-state index contributed by atoms with van der Waals surface area (Å²) in [7, 11) is -5.33. The molecule has 0 spiro atoms. The number of imidazole rings is 1. The van der Waals surface area contributed by atoms with E-state index in [2.05, 4.69) is 0 Å².